The number of rotatable bonds is 5. The molecule has 0 bridgehead atoms. The molecule has 1 aromatic rings. The van der Waals surface area contributed by atoms with E-state index in [2.05, 4.69) is 27.2 Å². The molecule has 15 heavy (non-hydrogen) atoms. The molecule has 0 spiro atoms. The first-order chi connectivity index (χ1) is 7.25. The van der Waals surface area contributed by atoms with E-state index < -0.39 is 0 Å². The molecule has 1 heterocycles. The molecule has 1 saturated carbocycles. The number of hydrogen-bond donors (Lipinski definition) is 1. The topological polar surface area (TPSA) is 41.1 Å². The van der Waals surface area contributed by atoms with Gasteiger partial charge in [-0.2, -0.15) is 0 Å². The Kier molecular flexibility index (Phi) is 3.16. The fourth-order valence-corrected chi connectivity index (χ4v) is 1.61. The van der Waals surface area contributed by atoms with Gasteiger partial charge in [-0.15, -0.1) is 0 Å². The molecule has 1 N–H and O–H groups in total. The van der Waals surface area contributed by atoms with Gasteiger partial charge >= 0.3 is 0 Å². The van der Waals surface area contributed by atoms with Crippen molar-refractivity contribution in [2.45, 2.75) is 25.8 Å². The summed E-state index contributed by atoms with van der Waals surface area (Å²) in [5.74, 6) is 1.74. The Morgan fingerprint density at radius 1 is 1.53 bits per heavy atom. The van der Waals surface area contributed by atoms with Gasteiger partial charge in [0, 0.05) is 25.3 Å². The van der Waals surface area contributed by atoms with Crippen molar-refractivity contribution < 1.29 is 0 Å². The molecule has 4 heteroatoms. The van der Waals surface area contributed by atoms with E-state index in [4.69, 9.17) is 0 Å². The highest BCUT2D eigenvalue weighted by Gasteiger charge is 2.25. The molecule has 0 unspecified atom stereocenters. The molecule has 0 aromatic carbocycles. The lowest BCUT2D eigenvalue weighted by Crippen LogP contribution is -2.27. The normalized spacial score (nSPS) is 15.7. The zero-order valence-electron chi connectivity index (χ0n) is 9.40. The van der Waals surface area contributed by atoms with Crippen LogP contribution in [-0.2, 0) is 0 Å². The molecule has 2 rings (SSSR count). The third-order valence-electron chi connectivity index (χ3n) is 2.72. The summed E-state index contributed by atoms with van der Waals surface area (Å²) in [5.41, 5.74) is 0. The summed E-state index contributed by atoms with van der Waals surface area (Å²) in [5, 5.41) is 3.31. The van der Waals surface area contributed by atoms with E-state index in [0.717, 1.165) is 30.8 Å². The Bertz CT molecular complexity index is 322. The van der Waals surface area contributed by atoms with E-state index in [9.17, 15) is 0 Å². The molecule has 1 aliphatic carbocycles. The van der Waals surface area contributed by atoms with Crippen LogP contribution in [0.15, 0.2) is 12.3 Å². The summed E-state index contributed by atoms with van der Waals surface area (Å²) in [6.07, 6.45) is 4.52. The zero-order chi connectivity index (χ0) is 10.7. The molecular weight excluding hydrogens is 188 g/mol. The van der Waals surface area contributed by atoms with Crippen LogP contribution in [0.25, 0.3) is 0 Å². The Balaban J connectivity index is 1.73. The van der Waals surface area contributed by atoms with E-state index >= 15 is 0 Å². The zero-order valence-corrected chi connectivity index (χ0v) is 9.40. The first-order valence-corrected chi connectivity index (χ1v) is 5.49. The lowest BCUT2D eigenvalue weighted by atomic mass is 10.4. The summed E-state index contributed by atoms with van der Waals surface area (Å²) in [6, 6.07) is 2.74. The molecule has 4 nitrogen and oxygen atoms in total. The number of likely N-dealkylation sites (N-methyl/N-ethyl adjacent to an activating group) is 1. The molecule has 0 saturated heterocycles. The second kappa shape index (κ2) is 4.57. The smallest absolute Gasteiger partial charge is 0.129 e. The average molecular weight is 206 g/mol. The molecule has 82 valence electrons. The summed E-state index contributed by atoms with van der Waals surface area (Å²) in [6.45, 7) is 3.93. The summed E-state index contributed by atoms with van der Waals surface area (Å²) < 4.78 is 0. The predicted molar refractivity (Wildman–Crippen MR) is 60.9 cm³/mol. The Morgan fingerprint density at radius 3 is 3.00 bits per heavy atom. The second-order valence-electron chi connectivity index (χ2n) is 4.13. The van der Waals surface area contributed by atoms with Gasteiger partial charge in [0.2, 0.25) is 0 Å². The van der Waals surface area contributed by atoms with Gasteiger partial charge in [0.05, 0.1) is 0 Å². The molecule has 1 fully saturated rings. The minimum absolute atomic E-state index is 0.815. The van der Waals surface area contributed by atoms with Gasteiger partial charge < -0.3 is 10.2 Å². The van der Waals surface area contributed by atoms with Crippen LogP contribution in [0.2, 0.25) is 0 Å². The number of nitrogens with zero attached hydrogens (tertiary/aromatic N) is 3. The van der Waals surface area contributed by atoms with E-state index in [-0.39, 0.29) is 0 Å². The highest BCUT2D eigenvalue weighted by molar-refractivity contribution is 5.32. The molecular formula is C11H18N4. The van der Waals surface area contributed by atoms with Crippen LogP contribution in [0.5, 0.6) is 0 Å². The van der Waals surface area contributed by atoms with Crippen molar-refractivity contribution in [1.29, 1.82) is 0 Å². The predicted octanol–water partition coefficient (Wildman–Crippen LogP) is 1.29. The maximum atomic E-state index is 4.29. The van der Waals surface area contributed by atoms with Gasteiger partial charge in [-0.05, 0) is 32.9 Å². The summed E-state index contributed by atoms with van der Waals surface area (Å²) >= 11 is 0. The largest absolute Gasteiger partial charge is 0.369 e. The standard InChI is InChI=1S/C11H18N4/c1-9-12-6-5-11(14-9)13-7-8-15(2)10-3-4-10/h5-6,10H,3-4,7-8H2,1-2H3,(H,12,13,14). The number of hydrogen-bond acceptors (Lipinski definition) is 4. The van der Waals surface area contributed by atoms with E-state index in [1.807, 2.05) is 13.0 Å². The quantitative estimate of drug-likeness (QED) is 0.788. The third-order valence-corrected chi connectivity index (χ3v) is 2.72. The number of aryl methyl sites for hydroxylation is 1. The van der Waals surface area contributed by atoms with Crippen LogP contribution in [-0.4, -0.2) is 41.0 Å². The molecule has 0 amide bonds. The first-order valence-electron chi connectivity index (χ1n) is 5.49. The number of nitrogens with one attached hydrogen (secondary N) is 1. The van der Waals surface area contributed by atoms with Crippen LogP contribution in [0, 0.1) is 6.92 Å². The van der Waals surface area contributed by atoms with Gasteiger partial charge in [0.25, 0.3) is 0 Å². The van der Waals surface area contributed by atoms with Crippen molar-refractivity contribution in [3.05, 3.63) is 18.1 Å². The molecule has 1 aliphatic rings. The second-order valence-corrected chi connectivity index (χ2v) is 4.13. The highest BCUT2D eigenvalue weighted by Crippen LogP contribution is 2.24. The fraction of sp³-hybridized carbons (Fsp3) is 0.636. The summed E-state index contributed by atoms with van der Waals surface area (Å²) in [4.78, 5) is 10.8. The minimum atomic E-state index is 0.815. The maximum absolute atomic E-state index is 4.29. The summed E-state index contributed by atoms with van der Waals surface area (Å²) in [7, 11) is 2.19. The first kappa shape index (κ1) is 10.4. The maximum Gasteiger partial charge on any atom is 0.129 e. The SMILES string of the molecule is Cc1nccc(NCCN(C)C2CC2)n1. The van der Waals surface area contributed by atoms with Gasteiger partial charge in [-0.3, -0.25) is 0 Å². The third kappa shape index (κ3) is 3.16. The van der Waals surface area contributed by atoms with Crippen molar-refractivity contribution in [2.75, 3.05) is 25.5 Å². The van der Waals surface area contributed by atoms with E-state index in [0.29, 0.717) is 0 Å². The van der Waals surface area contributed by atoms with Crippen molar-refractivity contribution >= 4 is 5.82 Å². The van der Waals surface area contributed by atoms with Crippen molar-refractivity contribution in [2.24, 2.45) is 0 Å². The Hall–Kier alpha value is -1.16. The van der Waals surface area contributed by atoms with E-state index in [1.165, 1.54) is 12.8 Å². The van der Waals surface area contributed by atoms with Crippen molar-refractivity contribution in [3.63, 3.8) is 0 Å². The van der Waals surface area contributed by atoms with Gasteiger partial charge in [0.15, 0.2) is 0 Å². The van der Waals surface area contributed by atoms with Gasteiger partial charge in [0.1, 0.15) is 11.6 Å². The molecule has 0 radical (unpaired) electrons. The lowest BCUT2D eigenvalue weighted by Gasteiger charge is -2.15. The fourth-order valence-electron chi connectivity index (χ4n) is 1.61. The van der Waals surface area contributed by atoms with Crippen molar-refractivity contribution in [1.82, 2.24) is 14.9 Å². The Morgan fingerprint density at radius 2 is 2.33 bits per heavy atom. The van der Waals surface area contributed by atoms with Crippen LogP contribution < -0.4 is 5.32 Å². The minimum Gasteiger partial charge on any atom is -0.369 e. The van der Waals surface area contributed by atoms with Crippen LogP contribution in [0.4, 0.5) is 5.82 Å². The van der Waals surface area contributed by atoms with Gasteiger partial charge in [-0.25, -0.2) is 9.97 Å². The van der Waals surface area contributed by atoms with Crippen molar-refractivity contribution in [3.8, 4) is 0 Å². The van der Waals surface area contributed by atoms with E-state index in [1.54, 1.807) is 6.20 Å². The lowest BCUT2D eigenvalue weighted by molar-refractivity contribution is 0.337. The monoisotopic (exact) mass is 206 g/mol. The highest BCUT2D eigenvalue weighted by atomic mass is 15.2. The van der Waals surface area contributed by atoms with Crippen LogP contribution >= 0.6 is 0 Å². The number of aromatic nitrogens is 2. The van der Waals surface area contributed by atoms with Crippen LogP contribution in [0.1, 0.15) is 18.7 Å². The number of anilines is 1. The molecule has 0 atom stereocenters. The molecule has 0 aliphatic heterocycles. The Labute approximate surface area is 90.7 Å². The molecule has 1 aromatic heterocycles. The average Bonchev–Trinajstić information content (AvgIpc) is 3.00. The van der Waals surface area contributed by atoms with Crippen LogP contribution in [0.3, 0.4) is 0 Å². The van der Waals surface area contributed by atoms with Gasteiger partial charge in [-0.1, -0.05) is 0 Å².